The summed E-state index contributed by atoms with van der Waals surface area (Å²) in [6.45, 7) is 0. The molecule has 1 aromatic rings. The molecule has 0 aliphatic heterocycles. The molecule has 0 spiro atoms. The van der Waals surface area contributed by atoms with Gasteiger partial charge in [-0.3, -0.25) is 0 Å². The fourth-order valence-electron chi connectivity index (χ4n) is 2.27. The van der Waals surface area contributed by atoms with Crippen LogP contribution in [-0.4, -0.2) is 6.10 Å². The van der Waals surface area contributed by atoms with Gasteiger partial charge < -0.3 is 10.5 Å². The van der Waals surface area contributed by atoms with Crippen LogP contribution in [-0.2, 0) is 6.42 Å². The van der Waals surface area contributed by atoms with Gasteiger partial charge in [-0.05, 0) is 49.4 Å². The summed E-state index contributed by atoms with van der Waals surface area (Å²) in [5, 5.41) is 8.71. The highest BCUT2D eigenvalue weighted by Gasteiger charge is 2.15. The Morgan fingerprint density at radius 1 is 1.29 bits per heavy atom. The summed E-state index contributed by atoms with van der Waals surface area (Å²) in [6.07, 6.45) is 6.78. The largest absolute Gasteiger partial charge is 0.490 e. The second-order valence-corrected chi connectivity index (χ2v) is 4.57. The Hall–Kier alpha value is -1.69. The van der Waals surface area contributed by atoms with Gasteiger partial charge in [0.1, 0.15) is 5.75 Å². The minimum absolute atomic E-state index is 0.335. The van der Waals surface area contributed by atoms with Gasteiger partial charge in [-0.2, -0.15) is 5.26 Å². The van der Waals surface area contributed by atoms with Crippen LogP contribution in [0.5, 0.6) is 5.75 Å². The lowest BCUT2D eigenvalue weighted by Crippen LogP contribution is -2.19. The maximum Gasteiger partial charge on any atom is 0.120 e. The third kappa shape index (κ3) is 3.13. The number of nitrogens with two attached hydrogens (primary N) is 1. The van der Waals surface area contributed by atoms with Crippen molar-refractivity contribution < 1.29 is 4.74 Å². The smallest absolute Gasteiger partial charge is 0.120 e. The lowest BCUT2D eigenvalue weighted by atomic mass is 9.98. The summed E-state index contributed by atoms with van der Waals surface area (Å²) in [4.78, 5) is 0. The van der Waals surface area contributed by atoms with E-state index in [1.807, 2.05) is 18.2 Å². The molecule has 3 nitrogen and oxygen atoms in total. The maximum atomic E-state index is 8.71. The lowest BCUT2D eigenvalue weighted by Gasteiger charge is -2.23. The Bertz CT molecular complexity index is 417. The SMILES string of the molecule is N#CCc1cc(OC2CCCCC2)ccc1N. The third-order valence-electron chi connectivity index (χ3n) is 3.24. The van der Waals surface area contributed by atoms with E-state index in [4.69, 9.17) is 15.7 Å². The van der Waals surface area contributed by atoms with Crippen molar-refractivity contribution in [3.8, 4) is 11.8 Å². The Labute approximate surface area is 102 Å². The van der Waals surface area contributed by atoms with Gasteiger partial charge in [0, 0.05) is 5.69 Å². The van der Waals surface area contributed by atoms with Crippen LogP contribution in [0.2, 0.25) is 0 Å². The van der Waals surface area contributed by atoms with Gasteiger partial charge in [0.2, 0.25) is 0 Å². The highest BCUT2D eigenvalue weighted by atomic mass is 16.5. The van der Waals surface area contributed by atoms with Crippen LogP contribution < -0.4 is 10.5 Å². The highest BCUT2D eigenvalue weighted by molar-refractivity contribution is 5.51. The van der Waals surface area contributed by atoms with Crippen LogP contribution in [0.15, 0.2) is 18.2 Å². The molecule has 0 heterocycles. The number of ether oxygens (including phenoxy) is 1. The molecule has 1 fully saturated rings. The molecule has 1 saturated carbocycles. The van der Waals surface area contributed by atoms with E-state index in [2.05, 4.69) is 6.07 Å². The summed E-state index contributed by atoms with van der Waals surface area (Å²) < 4.78 is 5.93. The summed E-state index contributed by atoms with van der Waals surface area (Å²) in [5.41, 5.74) is 7.33. The predicted octanol–water partition coefficient (Wildman–Crippen LogP) is 3.05. The molecule has 90 valence electrons. The molecule has 0 radical (unpaired) electrons. The molecule has 0 saturated heterocycles. The number of benzene rings is 1. The molecule has 0 amide bonds. The number of nitrogens with zero attached hydrogens (tertiary/aromatic N) is 1. The maximum absolute atomic E-state index is 8.71. The van der Waals surface area contributed by atoms with Crippen molar-refractivity contribution in [2.45, 2.75) is 44.6 Å². The second kappa shape index (κ2) is 5.58. The van der Waals surface area contributed by atoms with E-state index in [-0.39, 0.29) is 0 Å². The van der Waals surface area contributed by atoms with Gasteiger partial charge in [-0.15, -0.1) is 0 Å². The van der Waals surface area contributed by atoms with Crippen molar-refractivity contribution in [2.75, 3.05) is 5.73 Å². The topological polar surface area (TPSA) is 59.0 Å². The third-order valence-corrected chi connectivity index (χ3v) is 3.24. The molecule has 3 heteroatoms. The Balaban J connectivity index is 2.05. The summed E-state index contributed by atoms with van der Waals surface area (Å²) >= 11 is 0. The monoisotopic (exact) mass is 230 g/mol. The number of anilines is 1. The van der Waals surface area contributed by atoms with Crippen molar-refractivity contribution in [3.63, 3.8) is 0 Å². The number of hydrogen-bond acceptors (Lipinski definition) is 3. The molecular formula is C14H18N2O. The molecule has 0 aromatic heterocycles. The zero-order valence-electron chi connectivity index (χ0n) is 9.98. The Morgan fingerprint density at radius 2 is 2.06 bits per heavy atom. The Kier molecular flexibility index (Phi) is 3.87. The van der Waals surface area contributed by atoms with Crippen molar-refractivity contribution in [2.24, 2.45) is 0 Å². The molecule has 2 rings (SSSR count). The van der Waals surface area contributed by atoms with E-state index in [0.29, 0.717) is 18.2 Å². The molecule has 1 aliphatic carbocycles. The molecule has 1 aromatic carbocycles. The first-order chi connectivity index (χ1) is 8.29. The van der Waals surface area contributed by atoms with E-state index in [9.17, 15) is 0 Å². The molecular weight excluding hydrogens is 212 g/mol. The fraction of sp³-hybridized carbons (Fsp3) is 0.500. The molecule has 0 atom stereocenters. The van der Waals surface area contributed by atoms with E-state index in [1.165, 1.54) is 19.3 Å². The first kappa shape index (κ1) is 11.8. The summed E-state index contributed by atoms with van der Waals surface area (Å²) in [7, 11) is 0. The number of hydrogen-bond donors (Lipinski definition) is 1. The quantitative estimate of drug-likeness (QED) is 0.812. The van der Waals surface area contributed by atoms with Gasteiger partial charge in [0.25, 0.3) is 0 Å². The predicted molar refractivity (Wildman–Crippen MR) is 67.7 cm³/mol. The van der Waals surface area contributed by atoms with Crippen LogP contribution in [0.4, 0.5) is 5.69 Å². The van der Waals surface area contributed by atoms with Gasteiger partial charge in [0.15, 0.2) is 0 Å². The van der Waals surface area contributed by atoms with Crippen molar-refractivity contribution >= 4 is 5.69 Å². The minimum atomic E-state index is 0.335. The summed E-state index contributed by atoms with van der Waals surface area (Å²) in [6, 6.07) is 7.73. The Morgan fingerprint density at radius 3 is 2.76 bits per heavy atom. The van der Waals surface area contributed by atoms with Crippen molar-refractivity contribution in [1.82, 2.24) is 0 Å². The van der Waals surface area contributed by atoms with Gasteiger partial charge in [0.05, 0.1) is 18.6 Å². The van der Waals surface area contributed by atoms with Crippen LogP contribution in [0.25, 0.3) is 0 Å². The molecule has 1 aliphatic rings. The average molecular weight is 230 g/mol. The normalized spacial score (nSPS) is 16.4. The zero-order valence-corrected chi connectivity index (χ0v) is 9.98. The average Bonchev–Trinajstić information content (AvgIpc) is 2.35. The molecule has 0 bridgehead atoms. The van der Waals surface area contributed by atoms with Crippen LogP contribution in [0, 0.1) is 11.3 Å². The van der Waals surface area contributed by atoms with Gasteiger partial charge >= 0.3 is 0 Å². The zero-order chi connectivity index (χ0) is 12.1. The highest BCUT2D eigenvalue weighted by Crippen LogP contribution is 2.26. The number of nitrogen functional groups attached to an aromatic ring is 1. The number of nitriles is 1. The summed E-state index contributed by atoms with van der Waals surface area (Å²) in [5.74, 6) is 0.844. The first-order valence-electron chi connectivity index (χ1n) is 6.21. The molecule has 17 heavy (non-hydrogen) atoms. The number of rotatable bonds is 3. The van der Waals surface area contributed by atoms with E-state index in [1.54, 1.807) is 0 Å². The van der Waals surface area contributed by atoms with Crippen LogP contribution >= 0.6 is 0 Å². The van der Waals surface area contributed by atoms with E-state index in [0.717, 1.165) is 24.2 Å². The molecule has 0 unspecified atom stereocenters. The van der Waals surface area contributed by atoms with Gasteiger partial charge in [-0.1, -0.05) is 6.42 Å². The fourth-order valence-corrected chi connectivity index (χ4v) is 2.27. The first-order valence-corrected chi connectivity index (χ1v) is 6.21. The van der Waals surface area contributed by atoms with Crippen molar-refractivity contribution in [3.05, 3.63) is 23.8 Å². The van der Waals surface area contributed by atoms with E-state index >= 15 is 0 Å². The van der Waals surface area contributed by atoms with Crippen LogP contribution in [0.1, 0.15) is 37.7 Å². The van der Waals surface area contributed by atoms with Gasteiger partial charge in [-0.25, -0.2) is 0 Å². The second-order valence-electron chi connectivity index (χ2n) is 4.57. The standard InChI is InChI=1S/C14H18N2O/c15-9-8-11-10-13(6-7-14(11)16)17-12-4-2-1-3-5-12/h6-7,10,12H,1-5,8,16H2. The van der Waals surface area contributed by atoms with Crippen LogP contribution in [0.3, 0.4) is 0 Å². The minimum Gasteiger partial charge on any atom is -0.490 e. The lowest BCUT2D eigenvalue weighted by molar-refractivity contribution is 0.155. The molecule has 2 N–H and O–H groups in total. The van der Waals surface area contributed by atoms with E-state index < -0.39 is 0 Å². The van der Waals surface area contributed by atoms with Crippen molar-refractivity contribution in [1.29, 1.82) is 5.26 Å².